The molecule has 88 valence electrons. The molecule has 1 fully saturated rings. The average Bonchev–Trinajstić information content (AvgIpc) is 2.25. The van der Waals surface area contributed by atoms with Gasteiger partial charge in [-0.1, -0.05) is 12.1 Å². The van der Waals surface area contributed by atoms with E-state index in [2.05, 4.69) is 22.2 Å². The third kappa shape index (κ3) is 1.74. The van der Waals surface area contributed by atoms with Crippen molar-refractivity contribution < 1.29 is 0 Å². The minimum atomic E-state index is 0.546. The maximum Gasteiger partial charge on any atom is 0.150 e. The molecule has 2 heterocycles. The van der Waals surface area contributed by atoms with Gasteiger partial charge in [0.25, 0.3) is 0 Å². The summed E-state index contributed by atoms with van der Waals surface area (Å²) in [6, 6.07) is 8.56. The zero-order valence-electron chi connectivity index (χ0n) is 10.1. The Labute approximate surface area is 101 Å². The highest BCUT2D eigenvalue weighted by Crippen LogP contribution is 2.21. The molecule has 1 aromatic carbocycles. The molecule has 0 spiro atoms. The molecule has 1 aliphatic rings. The largest absolute Gasteiger partial charge is 0.353 e. The van der Waals surface area contributed by atoms with Crippen LogP contribution in [0.3, 0.4) is 0 Å². The van der Waals surface area contributed by atoms with Crippen LogP contribution in [0.25, 0.3) is 11.0 Å². The quantitative estimate of drug-likeness (QED) is 0.842. The van der Waals surface area contributed by atoms with E-state index >= 15 is 0 Å². The van der Waals surface area contributed by atoms with Crippen LogP contribution in [0.5, 0.6) is 0 Å². The molecule has 0 atom stereocenters. The van der Waals surface area contributed by atoms with E-state index in [0.29, 0.717) is 6.04 Å². The van der Waals surface area contributed by atoms with E-state index in [0.717, 1.165) is 35.6 Å². The Bertz CT molecular complexity index is 548. The van der Waals surface area contributed by atoms with Crippen LogP contribution in [0.1, 0.15) is 5.69 Å². The van der Waals surface area contributed by atoms with Gasteiger partial charge in [0.1, 0.15) is 0 Å². The number of rotatable bonds is 2. The van der Waals surface area contributed by atoms with Gasteiger partial charge in [-0.2, -0.15) is 0 Å². The van der Waals surface area contributed by atoms with Crippen LogP contribution in [0.2, 0.25) is 0 Å². The van der Waals surface area contributed by atoms with Crippen LogP contribution in [0.15, 0.2) is 24.3 Å². The van der Waals surface area contributed by atoms with Gasteiger partial charge in [0.2, 0.25) is 0 Å². The fourth-order valence-electron chi connectivity index (χ4n) is 2.13. The minimum absolute atomic E-state index is 0.546. The standard InChI is InChI=1S/C13H16N4/c1-9-13(17(2)10-7-14-8-10)16-12-6-4-3-5-11(12)15-9/h3-6,10,14H,7-8H2,1-2H3. The molecule has 0 unspecified atom stereocenters. The van der Waals surface area contributed by atoms with Crippen molar-refractivity contribution in [2.75, 3.05) is 25.0 Å². The smallest absolute Gasteiger partial charge is 0.150 e. The molecule has 1 saturated heterocycles. The van der Waals surface area contributed by atoms with Gasteiger partial charge in [0.15, 0.2) is 5.82 Å². The van der Waals surface area contributed by atoms with Crippen molar-refractivity contribution >= 4 is 16.9 Å². The summed E-state index contributed by atoms with van der Waals surface area (Å²) in [6.07, 6.45) is 0. The Morgan fingerprint density at radius 1 is 1.18 bits per heavy atom. The predicted octanol–water partition coefficient (Wildman–Crippen LogP) is 1.35. The lowest BCUT2D eigenvalue weighted by Crippen LogP contribution is -2.56. The number of hydrogen-bond acceptors (Lipinski definition) is 4. The second-order valence-corrected chi connectivity index (χ2v) is 4.54. The van der Waals surface area contributed by atoms with Gasteiger partial charge >= 0.3 is 0 Å². The zero-order valence-corrected chi connectivity index (χ0v) is 10.1. The van der Waals surface area contributed by atoms with Crippen molar-refractivity contribution in [1.82, 2.24) is 15.3 Å². The van der Waals surface area contributed by atoms with Crippen molar-refractivity contribution in [3.63, 3.8) is 0 Å². The summed E-state index contributed by atoms with van der Waals surface area (Å²) in [7, 11) is 2.09. The lowest BCUT2D eigenvalue weighted by molar-refractivity contribution is 0.426. The van der Waals surface area contributed by atoms with Crippen molar-refractivity contribution in [3.8, 4) is 0 Å². The van der Waals surface area contributed by atoms with Crippen LogP contribution in [0, 0.1) is 6.92 Å². The molecule has 4 heteroatoms. The Hall–Kier alpha value is -1.68. The summed E-state index contributed by atoms with van der Waals surface area (Å²) in [5.41, 5.74) is 2.93. The Morgan fingerprint density at radius 3 is 2.41 bits per heavy atom. The average molecular weight is 228 g/mol. The van der Waals surface area contributed by atoms with Crippen LogP contribution in [-0.2, 0) is 0 Å². The fourth-order valence-corrected chi connectivity index (χ4v) is 2.13. The summed E-state index contributed by atoms with van der Waals surface area (Å²) >= 11 is 0. The van der Waals surface area contributed by atoms with E-state index in [9.17, 15) is 0 Å². The normalized spacial score (nSPS) is 15.9. The van der Waals surface area contributed by atoms with Crippen molar-refractivity contribution in [1.29, 1.82) is 0 Å². The lowest BCUT2D eigenvalue weighted by atomic mass is 10.1. The van der Waals surface area contributed by atoms with Crippen LogP contribution >= 0.6 is 0 Å². The van der Waals surface area contributed by atoms with E-state index in [1.807, 2.05) is 31.2 Å². The number of nitrogens with zero attached hydrogens (tertiary/aromatic N) is 3. The first-order valence-electron chi connectivity index (χ1n) is 5.92. The summed E-state index contributed by atoms with van der Waals surface area (Å²) in [5, 5.41) is 3.28. The van der Waals surface area contributed by atoms with Crippen LogP contribution < -0.4 is 10.2 Å². The molecule has 2 aromatic rings. The molecule has 17 heavy (non-hydrogen) atoms. The molecule has 0 radical (unpaired) electrons. The second kappa shape index (κ2) is 3.96. The predicted molar refractivity (Wildman–Crippen MR) is 69.3 cm³/mol. The molecule has 1 aromatic heterocycles. The molecule has 0 saturated carbocycles. The number of benzene rings is 1. The van der Waals surface area contributed by atoms with E-state index < -0.39 is 0 Å². The second-order valence-electron chi connectivity index (χ2n) is 4.54. The monoisotopic (exact) mass is 228 g/mol. The number of para-hydroxylation sites is 2. The van der Waals surface area contributed by atoms with Gasteiger partial charge in [-0.25, -0.2) is 9.97 Å². The molecule has 0 bridgehead atoms. The molecular weight excluding hydrogens is 212 g/mol. The number of likely N-dealkylation sites (N-methyl/N-ethyl adjacent to an activating group) is 1. The van der Waals surface area contributed by atoms with Gasteiger partial charge in [-0.05, 0) is 19.1 Å². The number of nitrogens with one attached hydrogen (secondary N) is 1. The fraction of sp³-hybridized carbons (Fsp3) is 0.385. The lowest BCUT2D eigenvalue weighted by Gasteiger charge is -2.36. The third-order valence-corrected chi connectivity index (χ3v) is 3.36. The highest BCUT2D eigenvalue weighted by Gasteiger charge is 2.24. The van der Waals surface area contributed by atoms with Crippen molar-refractivity contribution in [2.45, 2.75) is 13.0 Å². The van der Waals surface area contributed by atoms with E-state index in [4.69, 9.17) is 4.98 Å². The maximum atomic E-state index is 4.71. The molecule has 0 amide bonds. The molecule has 3 rings (SSSR count). The van der Waals surface area contributed by atoms with Gasteiger partial charge in [0, 0.05) is 20.1 Å². The van der Waals surface area contributed by atoms with Crippen molar-refractivity contribution in [3.05, 3.63) is 30.0 Å². The Kier molecular flexibility index (Phi) is 2.44. The van der Waals surface area contributed by atoms with E-state index in [1.54, 1.807) is 0 Å². The molecular formula is C13H16N4. The number of aromatic nitrogens is 2. The highest BCUT2D eigenvalue weighted by molar-refractivity contribution is 5.76. The first-order valence-corrected chi connectivity index (χ1v) is 5.92. The number of aryl methyl sites for hydroxylation is 1. The highest BCUT2D eigenvalue weighted by atomic mass is 15.3. The molecule has 0 aliphatic carbocycles. The van der Waals surface area contributed by atoms with Crippen LogP contribution in [-0.4, -0.2) is 36.1 Å². The summed E-state index contributed by atoms with van der Waals surface area (Å²) in [6.45, 7) is 4.09. The Morgan fingerprint density at radius 2 is 1.82 bits per heavy atom. The number of hydrogen-bond donors (Lipinski definition) is 1. The Balaban J connectivity index is 2.06. The molecule has 1 N–H and O–H groups in total. The van der Waals surface area contributed by atoms with Gasteiger partial charge in [-0.15, -0.1) is 0 Å². The molecule has 4 nitrogen and oxygen atoms in total. The van der Waals surface area contributed by atoms with E-state index in [1.165, 1.54) is 0 Å². The first kappa shape index (κ1) is 10.5. The van der Waals surface area contributed by atoms with Gasteiger partial charge < -0.3 is 10.2 Å². The molecule has 1 aliphatic heterocycles. The van der Waals surface area contributed by atoms with Gasteiger partial charge in [-0.3, -0.25) is 0 Å². The van der Waals surface area contributed by atoms with Crippen molar-refractivity contribution in [2.24, 2.45) is 0 Å². The van der Waals surface area contributed by atoms with E-state index in [-0.39, 0.29) is 0 Å². The summed E-state index contributed by atoms with van der Waals surface area (Å²) in [4.78, 5) is 11.6. The maximum absolute atomic E-state index is 4.71. The first-order chi connectivity index (χ1) is 8.25. The zero-order chi connectivity index (χ0) is 11.8. The summed E-state index contributed by atoms with van der Waals surface area (Å²) in [5.74, 6) is 0.996. The number of anilines is 1. The number of fused-ring (bicyclic) bond motifs is 1. The SMILES string of the molecule is Cc1nc2ccccc2nc1N(C)C1CNC1. The third-order valence-electron chi connectivity index (χ3n) is 3.36. The van der Waals surface area contributed by atoms with Crippen LogP contribution in [0.4, 0.5) is 5.82 Å². The minimum Gasteiger partial charge on any atom is -0.353 e. The topological polar surface area (TPSA) is 41.1 Å². The summed E-state index contributed by atoms with van der Waals surface area (Å²) < 4.78 is 0. The van der Waals surface area contributed by atoms with Gasteiger partial charge in [0.05, 0.1) is 22.8 Å².